The number of ether oxygens (including phenoxy) is 1. The summed E-state index contributed by atoms with van der Waals surface area (Å²) in [5, 5.41) is 2.79. The maximum atomic E-state index is 13.6. The summed E-state index contributed by atoms with van der Waals surface area (Å²) in [7, 11) is 0. The Morgan fingerprint density at radius 1 is 0.852 bits per heavy atom. The minimum atomic E-state index is -0.888. The lowest BCUT2D eigenvalue weighted by atomic mass is 9.98. The number of amides is 1. The van der Waals surface area contributed by atoms with Crippen molar-refractivity contribution >= 4 is 5.91 Å². The molecular formula is C21H16F3NO2. The second kappa shape index (κ2) is 8.40. The largest absolute Gasteiger partial charge is 0.481 e. The fourth-order valence-corrected chi connectivity index (χ4v) is 2.60. The van der Waals surface area contributed by atoms with E-state index in [0.29, 0.717) is 11.6 Å². The molecule has 0 fully saturated rings. The SMILES string of the molecule is O=C(COc1ccc(F)cc1F)NC(c1ccccc1)c1ccc(F)cc1. The molecule has 0 radical (unpaired) electrons. The average Bonchev–Trinajstić information content (AvgIpc) is 2.67. The number of halogens is 3. The minimum absolute atomic E-state index is 0.218. The molecule has 1 amide bonds. The maximum absolute atomic E-state index is 13.6. The van der Waals surface area contributed by atoms with E-state index in [1.54, 1.807) is 12.1 Å². The zero-order valence-corrected chi connectivity index (χ0v) is 14.2. The Morgan fingerprint density at radius 2 is 1.48 bits per heavy atom. The van der Waals surface area contributed by atoms with Crippen LogP contribution in [0.15, 0.2) is 72.8 Å². The van der Waals surface area contributed by atoms with Gasteiger partial charge in [-0.05, 0) is 35.4 Å². The molecule has 0 heterocycles. The molecule has 0 aliphatic heterocycles. The third-order valence-corrected chi connectivity index (χ3v) is 3.89. The molecule has 0 bridgehead atoms. The first-order chi connectivity index (χ1) is 13.0. The minimum Gasteiger partial charge on any atom is -0.481 e. The molecule has 27 heavy (non-hydrogen) atoms. The Morgan fingerprint density at radius 3 is 2.15 bits per heavy atom. The van der Waals surface area contributed by atoms with Crippen LogP contribution >= 0.6 is 0 Å². The van der Waals surface area contributed by atoms with E-state index in [2.05, 4.69) is 5.32 Å². The normalized spacial score (nSPS) is 11.7. The van der Waals surface area contributed by atoms with Crippen LogP contribution in [0.25, 0.3) is 0 Å². The van der Waals surface area contributed by atoms with Gasteiger partial charge in [-0.1, -0.05) is 42.5 Å². The van der Waals surface area contributed by atoms with Crippen LogP contribution in [0, 0.1) is 17.5 Å². The fourth-order valence-electron chi connectivity index (χ4n) is 2.60. The van der Waals surface area contributed by atoms with E-state index in [9.17, 15) is 18.0 Å². The molecule has 0 aliphatic carbocycles. The van der Waals surface area contributed by atoms with Crippen LogP contribution < -0.4 is 10.1 Å². The van der Waals surface area contributed by atoms with E-state index in [1.807, 2.05) is 30.3 Å². The van der Waals surface area contributed by atoms with E-state index in [1.165, 1.54) is 12.1 Å². The molecule has 0 saturated heterocycles. The molecule has 1 atom stereocenters. The summed E-state index contributed by atoms with van der Waals surface area (Å²) in [4.78, 5) is 12.3. The van der Waals surface area contributed by atoms with E-state index >= 15 is 0 Å². The van der Waals surface area contributed by atoms with Gasteiger partial charge in [0, 0.05) is 6.07 Å². The first kappa shape index (κ1) is 18.5. The number of carbonyl (C=O) groups is 1. The molecule has 3 rings (SSSR count). The molecule has 3 aromatic carbocycles. The molecule has 138 valence electrons. The molecule has 0 aromatic heterocycles. The number of hydrogen-bond acceptors (Lipinski definition) is 2. The fraction of sp³-hybridized carbons (Fsp3) is 0.0952. The van der Waals surface area contributed by atoms with Crippen LogP contribution in [0.3, 0.4) is 0 Å². The zero-order chi connectivity index (χ0) is 19.2. The van der Waals surface area contributed by atoms with Crippen LogP contribution in [-0.4, -0.2) is 12.5 Å². The quantitative estimate of drug-likeness (QED) is 0.698. The first-order valence-corrected chi connectivity index (χ1v) is 8.20. The third kappa shape index (κ3) is 4.88. The second-order valence-corrected chi connectivity index (χ2v) is 5.83. The van der Waals surface area contributed by atoms with E-state index in [4.69, 9.17) is 4.74 Å². The second-order valence-electron chi connectivity index (χ2n) is 5.83. The molecule has 3 aromatic rings. The number of rotatable bonds is 6. The molecule has 3 nitrogen and oxygen atoms in total. The third-order valence-electron chi connectivity index (χ3n) is 3.89. The van der Waals surface area contributed by atoms with Crippen LogP contribution in [-0.2, 0) is 4.79 Å². The summed E-state index contributed by atoms with van der Waals surface area (Å²) < 4.78 is 44.9. The van der Waals surface area contributed by atoms with E-state index < -0.39 is 30.2 Å². The van der Waals surface area contributed by atoms with Crippen molar-refractivity contribution in [2.45, 2.75) is 6.04 Å². The van der Waals surface area contributed by atoms with Gasteiger partial charge in [0.25, 0.3) is 5.91 Å². The Bertz CT molecular complexity index is 914. The van der Waals surface area contributed by atoms with Crippen molar-refractivity contribution in [3.8, 4) is 5.75 Å². The maximum Gasteiger partial charge on any atom is 0.258 e. The molecule has 0 spiro atoms. The Kier molecular flexibility index (Phi) is 5.76. The van der Waals surface area contributed by atoms with Gasteiger partial charge in [0.05, 0.1) is 6.04 Å². The molecule has 0 aliphatic rings. The standard InChI is InChI=1S/C21H16F3NO2/c22-16-8-6-15(7-9-16)21(14-4-2-1-3-5-14)25-20(26)13-27-19-11-10-17(23)12-18(19)24/h1-12,21H,13H2,(H,25,26). The van der Waals surface area contributed by atoms with Crippen LogP contribution in [0.1, 0.15) is 17.2 Å². The van der Waals surface area contributed by atoms with Gasteiger partial charge in [-0.3, -0.25) is 4.79 Å². The summed E-state index contributed by atoms with van der Waals surface area (Å²) in [5.74, 6) is -2.72. The van der Waals surface area contributed by atoms with Crippen molar-refractivity contribution in [2.75, 3.05) is 6.61 Å². The van der Waals surface area contributed by atoms with Crippen molar-refractivity contribution in [3.05, 3.63) is 101 Å². The van der Waals surface area contributed by atoms with Crippen molar-refractivity contribution in [2.24, 2.45) is 0 Å². The van der Waals surface area contributed by atoms with Crippen molar-refractivity contribution in [3.63, 3.8) is 0 Å². The number of nitrogens with one attached hydrogen (secondary N) is 1. The monoisotopic (exact) mass is 371 g/mol. The summed E-state index contributed by atoms with van der Waals surface area (Å²) in [6.07, 6.45) is 0. The summed E-state index contributed by atoms with van der Waals surface area (Å²) in [6.45, 7) is -0.451. The van der Waals surface area contributed by atoms with Gasteiger partial charge in [-0.15, -0.1) is 0 Å². The number of hydrogen-bond donors (Lipinski definition) is 1. The van der Waals surface area contributed by atoms with Crippen LogP contribution in [0.5, 0.6) is 5.75 Å². The highest BCUT2D eigenvalue weighted by Gasteiger charge is 2.17. The van der Waals surface area contributed by atoms with Crippen LogP contribution in [0.2, 0.25) is 0 Å². The molecule has 6 heteroatoms. The number of benzene rings is 3. The lowest BCUT2D eigenvalue weighted by molar-refractivity contribution is -0.123. The lowest BCUT2D eigenvalue weighted by Crippen LogP contribution is -2.33. The van der Waals surface area contributed by atoms with Gasteiger partial charge in [-0.2, -0.15) is 0 Å². The molecule has 1 unspecified atom stereocenters. The molecule has 1 N–H and O–H groups in total. The van der Waals surface area contributed by atoms with Crippen molar-refractivity contribution in [1.82, 2.24) is 5.32 Å². The molecule has 0 saturated carbocycles. The highest BCUT2D eigenvalue weighted by atomic mass is 19.1. The van der Waals surface area contributed by atoms with E-state index in [-0.39, 0.29) is 11.6 Å². The topological polar surface area (TPSA) is 38.3 Å². The zero-order valence-electron chi connectivity index (χ0n) is 14.2. The van der Waals surface area contributed by atoms with Crippen LogP contribution in [0.4, 0.5) is 13.2 Å². The van der Waals surface area contributed by atoms with Crippen molar-refractivity contribution < 1.29 is 22.7 Å². The average molecular weight is 371 g/mol. The summed E-state index contributed by atoms with van der Waals surface area (Å²) in [5.41, 5.74) is 1.48. The van der Waals surface area contributed by atoms with E-state index in [0.717, 1.165) is 17.7 Å². The van der Waals surface area contributed by atoms with Gasteiger partial charge in [0.1, 0.15) is 11.6 Å². The first-order valence-electron chi connectivity index (χ1n) is 8.20. The number of carbonyl (C=O) groups excluding carboxylic acids is 1. The lowest BCUT2D eigenvalue weighted by Gasteiger charge is -2.20. The summed E-state index contributed by atoms with van der Waals surface area (Å²) >= 11 is 0. The smallest absolute Gasteiger partial charge is 0.258 e. The summed E-state index contributed by atoms with van der Waals surface area (Å²) in [6, 6.07) is 17.2. The predicted octanol–water partition coefficient (Wildman–Crippen LogP) is 4.39. The van der Waals surface area contributed by atoms with Gasteiger partial charge < -0.3 is 10.1 Å². The predicted molar refractivity (Wildman–Crippen MR) is 94.7 cm³/mol. The molecular weight excluding hydrogens is 355 g/mol. The highest BCUT2D eigenvalue weighted by Crippen LogP contribution is 2.22. The van der Waals surface area contributed by atoms with Gasteiger partial charge in [0.2, 0.25) is 0 Å². The van der Waals surface area contributed by atoms with Gasteiger partial charge >= 0.3 is 0 Å². The van der Waals surface area contributed by atoms with Gasteiger partial charge in [0.15, 0.2) is 18.2 Å². The Labute approximate surface area is 154 Å². The van der Waals surface area contributed by atoms with Gasteiger partial charge in [-0.25, -0.2) is 13.2 Å². The Balaban J connectivity index is 1.73. The Hall–Kier alpha value is -3.28. The van der Waals surface area contributed by atoms with Crippen molar-refractivity contribution in [1.29, 1.82) is 0 Å². The highest BCUT2D eigenvalue weighted by molar-refractivity contribution is 5.78.